The van der Waals surface area contributed by atoms with Gasteiger partial charge < -0.3 is 10.6 Å². The Labute approximate surface area is 115 Å². The van der Waals surface area contributed by atoms with Crippen LogP contribution in [0.3, 0.4) is 0 Å². The van der Waals surface area contributed by atoms with Crippen LogP contribution in [0.1, 0.15) is 24.0 Å². The highest BCUT2D eigenvalue weighted by Crippen LogP contribution is 2.11. The Morgan fingerprint density at radius 3 is 2.89 bits per heavy atom. The molecule has 1 atom stereocenters. The maximum absolute atomic E-state index is 11.9. The van der Waals surface area contributed by atoms with Gasteiger partial charge in [-0.15, -0.1) is 12.4 Å². The average molecular weight is 269 g/mol. The summed E-state index contributed by atoms with van der Waals surface area (Å²) in [5.74, 6) is 0.327. The Kier molecular flexibility index (Phi) is 6.16. The van der Waals surface area contributed by atoms with Gasteiger partial charge in [-0.1, -0.05) is 24.3 Å². The van der Waals surface area contributed by atoms with E-state index in [-0.39, 0.29) is 24.2 Å². The van der Waals surface area contributed by atoms with E-state index in [2.05, 4.69) is 29.7 Å². The highest BCUT2D eigenvalue weighted by molar-refractivity contribution is 5.85. The number of benzene rings is 1. The van der Waals surface area contributed by atoms with Gasteiger partial charge in [0.25, 0.3) is 0 Å². The summed E-state index contributed by atoms with van der Waals surface area (Å²) in [6.07, 6.45) is 2.11. The molecule has 4 heteroatoms. The zero-order valence-corrected chi connectivity index (χ0v) is 11.6. The lowest BCUT2D eigenvalue weighted by molar-refractivity contribution is -0.125. The third-order valence-corrected chi connectivity index (χ3v) is 3.38. The topological polar surface area (TPSA) is 41.1 Å². The average Bonchev–Trinajstić information content (AvgIpc) is 2.38. The number of amides is 1. The Morgan fingerprint density at radius 1 is 1.44 bits per heavy atom. The summed E-state index contributed by atoms with van der Waals surface area (Å²) in [6, 6.07) is 8.17. The summed E-state index contributed by atoms with van der Waals surface area (Å²) >= 11 is 0. The van der Waals surface area contributed by atoms with Gasteiger partial charge in [0.05, 0.1) is 5.92 Å². The van der Waals surface area contributed by atoms with Crippen LogP contribution in [0.4, 0.5) is 0 Å². The number of carbonyl (C=O) groups is 1. The minimum absolute atomic E-state index is 0. The first kappa shape index (κ1) is 15.0. The Hall–Kier alpha value is -1.06. The predicted molar refractivity (Wildman–Crippen MR) is 75.9 cm³/mol. The second kappa shape index (κ2) is 7.39. The van der Waals surface area contributed by atoms with Crippen molar-refractivity contribution in [1.29, 1.82) is 0 Å². The zero-order chi connectivity index (χ0) is 12.1. The van der Waals surface area contributed by atoms with Gasteiger partial charge in [-0.25, -0.2) is 0 Å². The maximum atomic E-state index is 11.9. The molecule has 0 aliphatic carbocycles. The fraction of sp³-hybridized carbons (Fsp3) is 0.500. The van der Waals surface area contributed by atoms with Crippen molar-refractivity contribution in [1.82, 2.24) is 10.6 Å². The molecule has 0 aromatic heterocycles. The molecule has 3 nitrogen and oxygen atoms in total. The van der Waals surface area contributed by atoms with Gasteiger partial charge in [-0.2, -0.15) is 0 Å². The van der Waals surface area contributed by atoms with E-state index < -0.39 is 0 Å². The van der Waals surface area contributed by atoms with Crippen LogP contribution in [-0.2, 0) is 11.3 Å². The van der Waals surface area contributed by atoms with Crippen molar-refractivity contribution in [2.75, 3.05) is 13.1 Å². The first-order chi connectivity index (χ1) is 8.27. The van der Waals surface area contributed by atoms with Crippen molar-refractivity contribution in [3.05, 3.63) is 35.4 Å². The fourth-order valence-electron chi connectivity index (χ4n) is 2.21. The molecule has 18 heavy (non-hydrogen) atoms. The third-order valence-electron chi connectivity index (χ3n) is 3.38. The van der Waals surface area contributed by atoms with Gasteiger partial charge >= 0.3 is 0 Å². The summed E-state index contributed by atoms with van der Waals surface area (Å²) in [6.45, 7) is 4.58. The number of nitrogens with one attached hydrogen (secondary N) is 2. The molecule has 0 spiro atoms. The van der Waals surface area contributed by atoms with E-state index in [9.17, 15) is 4.79 Å². The van der Waals surface area contributed by atoms with Crippen LogP contribution in [0.5, 0.6) is 0 Å². The van der Waals surface area contributed by atoms with Crippen molar-refractivity contribution in [3.8, 4) is 0 Å². The number of carbonyl (C=O) groups excluding carboxylic acids is 1. The van der Waals surface area contributed by atoms with E-state index >= 15 is 0 Å². The molecule has 0 radical (unpaired) electrons. The monoisotopic (exact) mass is 268 g/mol. The molecule has 100 valence electrons. The summed E-state index contributed by atoms with van der Waals surface area (Å²) in [4.78, 5) is 11.9. The highest BCUT2D eigenvalue weighted by atomic mass is 35.5. The van der Waals surface area contributed by atoms with Crippen LogP contribution >= 0.6 is 12.4 Å². The molecule has 1 amide bonds. The molecule has 1 heterocycles. The minimum atomic E-state index is 0. The number of aryl methyl sites for hydroxylation is 1. The van der Waals surface area contributed by atoms with Crippen LogP contribution in [0.2, 0.25) is 0 Å². The summed E-state index contributed by atoms with van der Waals surface area (Å²) in [7, 11) is 0. The second-order valence-corrected chi connectivity index (χ2v) is 4.69. The first-order valence-corrected chi connectivity index (χ1v) is 6.30. The lowest BCUT2D eigenvalue weighted by Crippen LogP contribution is -2.40. The van der Waals surface area contributed by atoms with Crippen molar-refractivity contribution in [3.63, 3.8) is 0 Å². The van der Waals surface area contributed by atoms with Gasteiger partial charge in [0.2, 0.25) is 5.91 Å². The van der Waals surface area contributed by atoms with E-state index in [4.69, 9.17) is 0 Å². The summed E-state index contributed by atoms with van der Waals surface area (Å²) < 4.78 is 0. The molecular formula is C14H21ClN2O. The number of halogens is 1. The predicted octanol–water partition coefficient (Wildman–Crippen LogP) is 2.03. The molecule has 0 saturated carbocycles. The van der Waals surface area contributed by atoms with Gasteiger partial charge in [-0.3, -0.25) is 4.79 Å². The van der Waals surface area contributed by atoms with Crippen molar-refractivity contribution in [2.45, 2.75) is 26.3 Å². The second-order valence-electron chi connectivity index (χ2n) is 4.69. The lowest BCUT2D eigenvalue weighted by atomic mass is 9.98. The smallest absolute Gasteiger partial charge is 0.224 e. The molecule has 0 bridgehead atoms. The number of rotatable bonds is 3. The van der Waals surface area contributed by atoms with Crippen molar-refractivity contribution < 1.29 is 4.79 Å². The zero-order valence-electron chi connectivity index (χ0n) is 10.7. The van der Waals surface area contributed by atoms with Crippen LogP contribution in [-0.4, -0.2) is 19.0 Å². The minimum Gasteiger partial charge on any atom is -0.352 e. The van der Waals surface area contributed by atoms with Gasteiger partial charge in [0.15, 0.2) is 0 Å². The van der Waals surface area contributed by atoms with Crippen molar-refractivity contribution >= 4 is 18.3 Å². The Morgan fingerprint density at radius 2 is 2.22 bits per heavy atom. The highest BCUT2D eigenvalue weighted by Gasteiger charge is 2.20. The normalized spacial score (nSPS) is 18.8. The molecule has 2 rings (SSSR count). The molecule has 1 saturated heterocycles. The molecule has 1 aromatic rings. The van der Waals surface area contributed by atoms with Gasteiger partial charge in [-0.05, 0) is 37.4 Å². The fourth-order valence-corrected chi connectivity index (χ4v) is 2.21. The maximum Gasteiger partial charge on any atom is 0.224 e. The van der Waals surface area contributed by atoms with E-state index in [0.717, 1.165) is 25.9 Å². The van der Waals surface area contributed by atoms with Crippen LogP contribution in [0.25, 0.3) is 0 Å². The molecule has 1 aromatic carbocycles. The molecule has 1 aliphatic rings. The quantitative estimate of drug-likeness (QED) is 0.881. The van der Waals surface area contributed by atoms with Crippen LogP contribution < -0.4 is 10.6 Å². The lowest BCUT2D eigenvalue weighted by Gasteiger charge is -2.22. The van der Waals surface area contributed by atoms with Crippen LogP contribution in [0.15, 0.2) is 24.3 Å². The summed E-state index contributed by atoms with van der Waals surface area (Å²) in [5, 5.41) is 6.30. The Bertz CT molecular complexity index is 389. The van der Waals surface area contributed by atoms with E-state index in [1.165, 1.54) is 11.1 Å². The number of hydrogen-bond acceptors (Lipinski definition) is 2. The largest absolute Gasteiger partial charge is 0.352 e. The molecule has 2 N–H and O–H groups in total. The molecule has 1 fully saturated rings. The van der Waals surface area contributed by atoms with Crippen LogP contribution in [0, 0.1) is 12.8 Å². The first-order valence-electron chi connectivity index (χ1n) is 6.30. The van der Waals surface area contributed by atoms with E-state index in [1.54, 1.807) is 0 Å². The molecular weight excluding hydrogens is 248 g/mol. The molecule has 1 unspecified atom stereocenters. The third kappa shape index (κ3) is 4.00. The van der Waals surface area contributed by atoms with E-state index in [1.807, 2.05) is 12.1 Å². The van der Waals surface area contributed by atoms with Crippen molar-refractivity contribution in [2.24, 2.45) is 5.92 Å². The van der Waals surface area contributed by atoms with Gasteiger partial charge in [0, 0.05) is 13.1 Å². The Balaban J connectivity index is 0.00000162. The van der Waals surface area contributed by atoms with Gasteiger partial charge in [0.1, 0.15) is 0 Å². The molecule has 1 aliphatic heterocycles. The SMILES string of the molecule is Cc1ccccc1CNC(=O)C1CCCNC1.Cl. The number of hydrogen-bond donors (Lipinski definition) is 2. The number of piperidine rings is 1. The summed E-state index contributed by atoms with van der Waals surface area (Å²) in [5.41, 5.74) is 2.43. The standard InChI is InChI=1S/C14H20N2O.ClH/c1-11-5-2-3-6-12(11)10-16-14(17)13-7-4-8-15-9-13;/h2-3,5-6,13,15H,4,7-10H2,1H3,(H,16,17);1H. The van der Waals surface area contributed by atoms with E-state index in [0.29, 0.717) is 6.54 Å².